The Morgan fingerprint density at radius 2 is 2.14 bits per heavy atom. The zero-order chi connectivity index (χ0) is 10.8. The largest absolute Gasteiger partial charge is 0.452 e. The van der Waals surface area contributed by atoms with Crippen LogP contribution in [0.3, 0.4) is 0 Å². The minimum Gasteiger partial charge on any atom is -0.452 e. The zero-order valence-electron chi connectivity index (χ0n) is 9.29. The summed E-state index contributed by atoms with van der Waals surface area (Å²) in [6.45, 7) is 8.41. The molecule has 0 radical (unpaired) electrons. The second-order valence-corrected chi connectivity index (χ2v) is 4.87. The third-order valence-electron chi connectivity index (χ3n) is 2.01. The topological polar surface area (TPSA) is 35.5 Å². The maximum absolute atomic E-state index is 11.6. The summed E-state index contributed by atoms with van der Waals surface area (Å²) in [5, 5.41) is 0. The minimum atomic E-state index is -0.595. The van der Waals surface area contributed by atoms with Gasteiger partial charge < -0.3 is 9.47 Å². The number of esters is 1. The molecule has 3 nitrogen and oxygen atoms in total. The summed E-state index contributed by atoms with van der Waals surface area (Å²) in [4.78, 5) is 11.6. The van der Waals surface area contributed by atoms with Crippen molar-refractivity contribution in [3.8, 4) is 0 Å². The molecule has 1 atom stereocenters. The van der Waals surface area contributed by atoms with E-state index in [1.807, 2.05) is 39.8 Å². The molecule has 0 fully saturated rings. The van der Waals surface area contributed by atoms with Crippen LogP contribution in [0.5, 0.6) is 0 Å². The first-order valence-corrected chi connectivity index (χ1v) is 4.82. The highest BCUT2D eigenvalue weighted by atomic mass is 16.6. The van der Waals surface area contributed by atoms with Gasteiger partial charge in [0, 0.05) is 0 Å². The highest BCUT2D eigenvalue weighted by Gasteiger charge is 2.33. The van der Waals surface area contributed by atoms with E-state index in [0.717, 1.165) is 0 Å². The van der Waals surface area contributed by atoms with Crippen molar-refractivity contribution in [3.63, 3.8) is 0 Å². The van der Waals surface area contributed by atoms with Gasteiger partial charge in [-0.25, -0.2) is 0 Å². The first kappa shape index (κ1) is 11.2. The predicted octanol–water partition coefficient (Wildman–Crippen LogP) is 1.92. The Labute approximate surface area is 85.1 Å². The summed E-state index contributed by atoms with van der Waals surface area (Å²) >= 11 is 0. The maximum atomic E-state index is 11.6. The molecule has 1 aliphatic rings. The molecular formula is C11H18O3. The molecule has 3 heteroatoms. The van der Waals surface area contributed by atoms with Gasteiger partial charge in [0.2, 0.25) is 0 Å². The van der Waals surface area contributed by atoms with Gasteiger partial charge in [0.05, 0.1) is 18.6 Å². The van der Waals surface area contributed by atoms with Gasteiger partial charge in [0.1, 0.15) is 0 Å². The van der Waals surface area contributed by atoms with Gasteiger partial charge in [0.25, 0.3) is 0 Å². The molecule has 0 aromatic heterocycles. The van der Waals surface area contributed by atoms with Crippen molar-refractivity contribution in [1.82, 2.24) is 0 Å². The van der Waals surface area contributed by atoms with E-state index in [9.17, 15) is 4.79 Å². The quantitative estimate of drug-likeness (QED) is 0.477. The fraction of sp³-hybridized carbons (Fsp3) is 0.727. The van der Waals surface area contributed by atoms with E-state index in [0.29, 0.717) is 13.2 Å². The van der Waals surface area contributed by atoms with Gasteiger partial charge in [0.15, 0.2) is 5.60 Å². The summed E-state index contributed by atoms with van der Waals surface area (Å²) in [6.07, 6.45) is 3.76. The van der Waals surface area contributed by atoms with E-state index in [4.69, 9.17) is 9.47 Å². The van der Waals surface area contributed by atoms with Crippen molar-refractivity contribution in [3.05, 3.63) is 12.2 Å². The van der Waals surface area contributed by atoms with Gasteiger partial charge in [-0.2, -0.15) is 0 Å². The molecule has 0 aromatic rings. The molecule has 80 valence electrons. The standard InChI is InChI=1S/C11H18O3/c1-10(2,3)9(12)14-11(4)6-5-7-13-8-11/h5-6H,7-8H2,1-4H3. The van der Waals surface area contributed by atoms with E-state index < -0.39 is 11.0 Å². The normalized spacial score (nSPS) is 27.4. The molecule has 0 N–H and O–H groups in total. The van der Waals surface area contributed by atoms with Crippen molar-refractivity contribution in [2.75, 3.05) is 13.2 Å². The van der Waals surface area contributed by atoms with Gasteiger partial charge in [-0.15, -0.1) is 0 Å². The van der Waals surface area contributed by atoms with Crippen molar-refractivity contribution in [1.29, 1.82) is 0 Å². The summed E-state index contributed by atoms with van der Waals surface area (Å²) in [5.41, 5.74) is -1.06. The van der Waals surface area contributed by atoms with Crippen LogP contribution in [0.1, 0.15) is 27.7 Å². The van der Waals surface area contributed by atoms with Crippen LogP contribution in [-0.2, 0) is 14.3 Å². The Morgan fingerprint density at radius 1 is 1.50 bits per heavy atom. The van der Waals surface area contributed by atoms with Crippen LogP contribution in [0.2, 0.25) is 0 Å². The fourth-order valence-corrected chi connectivity index (χ4v) is 1.10. The first-order chi connectivity index (χ1) is 6.33. The van der Waals surface area contributed by atoms with E-state index in [-0.39, 0.29) is 5.97 Å². The molecule has 0 amide bonds. The average molecular weight is 198 g/mol. The third kappa shape index (κ3) is 2.84. The summed E-state index contributed by atoms with van der Waals surface area (Å²) < 4.78 is 10.6. The maximum Gasteiger partial charge on any atom is 0.312 e. The lowest BCUT2D eigenvalue weighted by molar-refractivity contribution is -0.168. The number of hydrogen-bond donors (Lipinski definition) is 0. The molecule has 0 bridgehead atoms. The van der Waals surface area contributed by atoms with Crippen LogP contribution in [0.25, 0.3) is 0 Å². The second kappa shape index (κ2) is 3.73. The predicted molar refractivity (Wildman–Crippen MR) is 53.9 cm³/mol. The minimum absolute atomic E-state index is 0.199. The van der Waals surface area contributed by atoms with Crippen LogP contribution in [0.15, 0.2) is 12.2 Å². The molecule has 1 rings (SSSR count). The van der Waals surface area contributed by atoms with Crippen LogP contribution in [0, 0.1) is 5.41 Å². The van der Waals surface area contributed by atoms with Crippen molar-refractivity contribution in [2.45, 2.75) is 33.3 Å². The third-order valence-corrected chi connectivity index (χ3v) is 2.01. The van der Waals surface area contributed by atoms with Crippen LogP contribution < -0.4 is 0 Å². The van der Waals surface area contributed by atoms with E-state index in [1.165, 1.54) is 0 Å². The molecule has 0 saturated heterocycles. The molecule has 1 heterocycles. The molecule has 0 aliphatic carbocycles. The Hall–Kier alpha value is -0.830. The van der Waals surface area contributed by atoms with E-state index in [1.54, 1.807) is 0 Å². The highest BCUT2D eigenvalue weighted by molar-refractivity contribution is 5.76. The Bertz CT molecular complexity index is 250. The van der Waals surface area contributed by atoms with E-state index >= 15 is 0 Å². The average Bonchev–Trinajstić information content (AvgIpc) is 2.02. The number of carbonyl (C=O) groups is 1. The number of rotatable bonds is 1. The summed E-state index contributed by atoms with van der Waals surface area (Å²) in [6, 6.07) is 0. The second-order valence-electron chi connectivity index (χ2n) is 4.87. The lowest BCUT2D eigenvalue weighted by Gasteiger charge is -2.31. The lowest BCUT2D eigenvalue weighted by atomic mass is 9.96. The summed E-state index contributed by atoms with van der Waals surface area (Å²) in [7, 11) is 0. The fourth-order valence-electron chi connectivity index (χ4n) is 1.10. The molecule has 0 saturated carbocycles. The molecule has 1 unspecified atom stereocenters. The van der Waals surface area contributed by atoms with Crippen LogP contribution in [-0.4, -0.2) is 24.8 Å². The Morgan fingerprint density at radius 3 is 2.57 bits per heavy atom. The number of hydrogen-bond acceptors (Lipinski definition) is 3. The number of ether oxygens (including phenoxy) is 2. The van der Waals surface area contributed by atoms with Gasteiger partial charge >= 0.3 is 5.97 Å². The van der Waals surface area contributed by atoms with Crippen LogP contribution in [0.4, 0.5) is 0 Å². The molecular weight excluding hydrogens is 180 g/mol. The van der Waals surface area contributed by atoms with Crippen LogP contribution >= 0.6 is 0 Å². The van der Waals surface area contributed by atoms with E-state index in [2.05, 4.69) is 0 Å². The van der Waals surface area contributed by atoms with Crippen molar-refractivity contribution >= 4 is 5.97 Å². The molecule has 14 heavy (non-hydrogen) atoms. The summed E-state index contributed by atoms with van der Waals surface area (Å²) in [5.74, 6) is -0.199. The van der Waals surface area contributed by atoms with Gasteiger partial charge in [-0.05, 0) is 33.8 Å². The van der Waals surface area contributed by atoms with Crippen molar-refractivity contribution in [2.24, 2.45) is 5.41 Å². The molecule has 0 aromatic carbocycles. The number of carbonyl (C=O) groups excluding carboxylic acids is 1. The lowest BCUT2D eigenvalue weighted by Crippen LogP contribution is -2.40. The Kier molecular flexibility index (Phi) is 3.00. The highest BCUT2D eigenvalue weighted by Crippen LogP contribution is 2.23. The zero-order valence-corrected chi connectivity index (χ0v) is 9.29. The smallest absolute Gasteiger partial charge is 0.312 e. The SMILES string of the molecule is CC1(OC(=O)C(C)(C)C)C=CCOC1. The molecule has 1 aliphatic heterocycles. The van der Waals surface area contributed by atoms with Crippen molar-refractivity contribution < 1.29 is 14.3 Å². The monoisotopic (exact) mass is 198 g/mol. The Balaban J connectivity index is 2.63. The van der Waals surface area contributed by atoms with Gasteiger partial charge in [-0.1, -0.05) is 6.08 Å². The molecule has 0 spiro atoms. The first-order valence-electron chi connectivity index (χ1n) is 4.82. The van der Waals surface area contributed by atoms with Gasteiger partial charge in [-0.3, -0.25) is 4.79 Å².